The Bertz CT molecular complexity index is 3160. The number of likely N-dealkylation sites (N-methyl/N-ethyl adjacent to an activating group) is 2. The van der Waals surface area contributed by atoms with Crippen molar-refractivity contribution in [2.75, 3.05) is 19.0 Å². The van der Waals surface area contributed by atoms with E-state index >= 15 is 0 Å². The first kappa shape index (κ1) is 66.6. The van der Waals surface area contributed by atoms with Crippen molar-refractivity contribution in [3.8, 4) is 11.8 Å². The van der Waals surface area contributed by atoms with Crippen LogP contribution in [0.4, 0.5) is 5.69 Å². The molecule has 448 valence electrons. The highest BCUT2D eigenvalue weighted by molar-refractivity contribution is 5.98. The molecule has 0 aromatic heterocycles. The lowest BCUT2D eigenvalue weighted by atomic mass is 9.76. The van der Waals surface area contributed by atoms with Crippen LogP contribution in [-0.4, -0.2) is 106 Å². The molecule has 84 heavy (non-hydrogen) atoms. The number of anilines is 1. The van der Waals surface area contributed by atoms with E-state index in [4.69, 9.17) is 4.74 Å². The van der Waals surface area contributed by atoms with E-state index in [1.165, 1.54) is 11.8 Å². The lowest BCUT2D eigenvalue weighted by molar-refractivity contribution is -0.144. The molecule has 0 fully saturated rings. The van der Waals surface area contributed by atoms with Gasteiger partial charge in [0.05, 0.1) is 36.8 Å². The number of carbonyl (C=O) groups is 9. The second-order valence-electron chi connectivity index (χ2n) is 24.1. The Morgan fingerprint density at radius 3 is 1.96 bits per heavy atom. The number of carbonyl (C=O) groups excluding carboxylic acids is 7. The fourth-order valence-electron chi connectivity index (χ4n) is 10.3. The molecule has 4 aromatic carbocycles. The summed E-state index contributed by atoms with van der Waals surface area (Å²) in [4.78, 5) is 123. The van der Waals surface area contributed by atoms with E-state index < -0.39 is 82.8 Å². The van der Waals surface area contributed by atoms with Crippen LogP contribution in [0.25, 0.3) is 0 Å². The highest BCUT2D eigenvalue weighted by atomic mass is 16.5. The third kappa shape index (κ3) is 18.4. The molecule has 1 aliphatic heterocycles. The molecule has 0 saturated carbocycles. The summed E-state index contributed by atoms with van der Waals surface area (Å²) in [6.45, 7) is 18.3. The van der Waals surface area contributed by atoms with Gasteiger partial charge in [-0.05, 0) is 83.7 Å². The summed E-state index contributed by atoms with van der Waals surface area (Å²) < 4.78 is 5.66. The van der Waals surface area contributed by atoms with E-state index in [9.17, 15) is 53.4 Å². The van der Waals surface area contributed by atoms with Gasteiger partial charge in [-0.2, -0.15) is 0 Å². The van der Waals surface area contributed by atoms with E-state index in [1.54, 1.807) is 75.3 Å². The van der Waals surface area contributed by atoms with Gasteiger partial charge in [-0.25, -0.2) is 4.79 Å². The van der Waals surface area contributed by atoms with Crippen LogP contribution in [0.3, 0.4) is 0 Å². The Labute approximate surface area is 494 Å². The second-order valence-corrected chi connectivity index (χ2v) is 24.1. The Balaban J connectivity index is 1.16. The fraction of sp³-hybridized carbons (Fsp3) is 0.448. The van der Waals surface area contributed by atoms with Gasteiger partial charge in [0.1, 0.15) is 18.4 Å². The quantitative estimate of drug-likeness (QED) is 0.0204. The van der Waals surface area contributed by atoms with E-state index in [-0.39, 0.29) is 86.7 Å². The standard InChI is InChI=1S/C67H83N5O12/c1-41(2)52(38-51(73)30-32-57(75)72-39-49-21-14-13-19-47(49)28-29-48-20-15-16-23-54(48)72)62(79)69-53(31-33-58(76)77)56(74)36-44-24-26-45(27-25-44)40-84-59(78)37-46-18-17-22-50(35-46)67(9,10)60(68-11)63(80)70-61(66(6,7)8)64(81)71(12)55(42(3)4)34-43(5)65(82)83/h13-27,34-35,41-42,52-53,55,60-61,68H,30-33,36-40H2,1-12H3,(H,69,79)(H,70,80)(H,76,77)(H,82,83)/b43-34+/t52-,53-,55+,60?,61+/m0/s1. The molecule has 17 nitrogen and oxygen atoms in total. The first-order valence-electron chi connectivity index (χ1n) is 28.6. The van der Waals surface area contributed by atoms with Crippen LogP contribution in [0.2, 0.25) is 0 Å². The lowest BCUT2D eigenvalue weighted by Crippen LogP contribution is -2.61. The first-order valence-corrected chi connectivity index (χ1v) is 28.6. The zero-order valence-electron chi connectivity index (χ0n) is 50.6. The molecule has 0 bridgehead atoms. The summed E-state index contributed by atoms with van der Waals surface area (Å²) in [5.41, 5.74) is 4.12. The van der Waals surface area contributed by atoms with Gasteiger partial charge in [0.25, 0.3) is 0 Å². The SMILES string of the molecule is CNC(C(=O)N[C@H](C(=O)N(C)[C@H](/C=C(\C)C(=O)O)C(C)C)C(C)(C)C)C(C)(C)c1cccc(CC(=O)OCc2ccc(CC(=O)[C@H](CCC(=O)O)NC(=O)[C@@H](CC(=O)CCC(=O)N3Cc4ccccc4C#Cc4ccccc43)C(C)C)cc2)c1. The molecule has 0 radical (unpaired) electrons. The van der Waals surface area contributed by atoms with Crippen molar-refractivity contribution in [3.63, 3.8) is 0 Å². The van der Waals surface area contributed by atoms with E-state index in [0.717, 1.165) is 16.7 Å². The van der Waals surface area contributed by atoms with Gasteiger partial charge in [-0.15, -0.1) is 0 Å². The number of esters is 1. The Morgan fingerprint density at radius 1 is 0.714 bits per heavy atom. The molecule has 1 unspecified atom stereocenters. The highest BCUT2D eigenvalue weighted by Crippen LogP contribution is 2.31. The van der Waals surface area contributed by atoms with Crippen molar-refractivity contribution >= 4 is 58.8 Å². The van der Waals surface area contributed by atoms with Gasteiger partial charge in [0.15, 0.2) is 5.78 Å². The topological polar surface area (TPSA) is 246 Å². The second kappa shape index (κ2) is 29.8. The van der Waals surface area contributed by atoms with Gasteiger partial charge in [0, 0.05) is 67.2 Å². The smallest absolute Gasteiger partial charge is 0.331 e. The highest BCUT2D eigenvalue weighted by Gasteiger charge is 2.42. The van der Waals surface area contributed by atoms with Crippen molar-refractivity contribution < 1.29 is 58.1 Å². The van der Waals surface area contributed by atoms with Crippen molar-refractivity contribution in [3.05, 3.63) is 148 Å². The summed E-state index contributed by atoms with van der Waals surface area (Å²) in [7, 11) is 3.26. The Hall–Kier alpha value is -8.23. The third-order valence-electron chi connectivity index (χ3n) is 15.5. The fourth-order valence-corrected chi connectivity index (χ4v) is 10.3. The number of carboxylic acid groups (broad SMARTS) is 2. The minimum absolute atomic E-state index is 0.0762. The number of hydrogen-bond acceptors (Lipinski definition) is 11. The number of hydrogen-bond donors (Lipinski definition) is 5. The van der Waals surface area contributed by atoms with Gasteiger partial charge in [-0.3, -0.25) is 38.4 Å². The zero-order chi connectivity index (χ0) is 62.2. The summed E-state index contributed by atoms with van der Waals surface area (Å²) in [6.07, 6.45) is 0.362. The molecule has 1 aliphatic rings. The number of aliphatic carboxylic acids is 2. The maximum Gasteiger partial charge on any atom is 0.331 e. The predicted molar refractivity (Wildman–Crippen MR) is 321 cm³/mol. The average Bonchev–Trinajstić information content (AvgIpc) is 2.04. The molecule has 5 atom stereocenters. The van der Waals surface area contributed by atoms with Crippen molar-refractivity contribution in [1.82, 2.24) is 20.9 Å². The van der Waals surface area contributed by atoms with Crippen LogP contribution in [0.1, 0.15) is 140 Å². The number of fused-ring (bicyclic) bond motifs is 2. The van der Waals surface area contributed by atoms with Gasteiger partial charge < -0.3 is 40.7 Å². The van der Waals surface area contributed by atoms with E-state index in [1.807, 2.05) is 109 Å². The predicted octanol–water partition coefficient (Wildman–Crippen LogP) is 8.30. The number of rotatable bonds is 28. The maximum atomic E-state index is 14.2. The van der Waals surface area contributed by atoms with Crippen LogP contribution in [0, 0.1) is 35.0 Å². The van der Waals surface area contributed by atoms with Crippen LogP contribution < -0.4 is 20.9 Å². The van der Waals surface area contributed by atoms with E-state index in [0.29, 0.717) is 27.9 Å². The number of para-hydroxylation sites is 1. The summed E-state index contributed by atoms with van der Waals surface area (Å²) in [6, 6.07) is 25.5. The van der Waals surface area contributed by atoms with Crippen molar-refractivity contribution in [2.24, 2.45) is 23.2 Å². The molecule has 0 spiro atoms. The zero-order valence-corrected chi connectivity index (χ0v) is 50.6. The molecule has 17 heteroatoms. The number of ether oxygens (including phenoxy) is 1. The molecule has 5 N–H and O–H groups in total. The normalized spacial score (nSPS) is 14.2. The molecular weight excluding hydrogens is 1070 g/mol. The molecule has 1 heterocycles. The van der Waals surface area contributed by atoms with Gasteiger partial charge in [-0.1, -0.05) is 159 Å². The van der Waals surface area contributed by atoms with Crippen LogP contribution >= 0.6 is 0 Å². The summed E-state index contributed by atoms with van der Waals surface area (Å²) in [5.74, 6) is -0.0617. The lowest BCUT2D eigenvalue weighted by Gasteiger charge is -2.40. The number of nitrogens with zero attached hydrogens (tertiary/aromatic N) is 2. The number of ketones is 2. The van der Waals surface area contributed by atoms with E-state index in [2.05, 4.69) is 27.8 Å². The molecule has 4 amide bonds. The largest absolute Gasteiger partial charge is 0.481 e. The van der Waals surface area contributed by atoms with Crippen LogP contribution in [0.5, 0.6) is 0 Å². The number of nitrogens with one attached hydrogen (secondary N) is 3. The van der Waals surface area contributed by atoms with Gasteiger partial charge >= 0.3 is 17.9 Å². The summed E-state index contributed by atoms with van der Waals surface area (Å²) in [5, 5.41) is 28.0. The van der Waals surface area contributed by atoms with Crippen molar-refractivity contribution in [1.29, 1.82) is 0 Å². The summed E-state index contributed by atoms with van der Waals surface area (Å²) >= 11 is 0. The monoisotopic (exact) mass is 1150 g/mol. The average molecular weight is 1150 g/mol. The van der Waals surface area contributed by atoms with Crippen molar-refractivity contribution in [2.45, 2.75) is 157 Å². The maximum absolute atomic E-state index is 14.2. The van der Waals surface area contributed by atoms with Gasteiger partial charge in [0.2, 0.25) is 23.6 Å². The first-order chi connectivity index (χ1) is 39.5. The van der Waals surface area contributed by atoms with Crippen LogP contribution in [-0.2, 0) is 79.3 Å². The number of benzene rings is 4. The minimum Gasteiger partial charge on any atom is -0.481 e. The number of amides is 4. The molecule has 4 aromatic rings. The minimum atomic E-state index is -1.16. The molecular formula is C67H83N5O12. The Kier molecular flexibility index (Phi) is 23.6. The molecule has 5 rings (SSSR count). The molecule has 0 aliphatic carbocycles. The van der Waals surface area contributed by atoms with Crippen LogP contribution in [0.15, 0.2) is 109 Å². The number of Topliss-reactive ketones (excluding diaryl/α,β-unsaturated/α-hetero) is 2. The Morgan fingerprint density at radius 2 is 1.35 bits per heavy atom. The molecule has 0 saturated heterocycles. The third-order valence-corrected chi connectivity index (χ3v) is 15.5. The number of carboxylic acids is 2.